The first-order valence-corrected chi connectivity index (χ1v) is 8.77. The van der Waals surface area contributed by atoms with E-state index >= 15 is 0 Å². The molecule has 2 N–H and O–H groups in total. The van der Waals surface area contributed by atoms with Crippen LogP contribution < -0.4 is 10.0 Å². The lowest BCUT2D eigenvalue weighted by Crippen LogP contribution is -2.23. The van der Waals surface area contributed by atoms with E-state index in [4.69, 9.17) is 11.6 Å². The summed E-state index contributed by atoms with van der Waals surface area (Å²) in [5.41, 5.74) is 1.95. The van der Waals surface area contributed by atoms with E-state index in [9.17, 15) is 13.2 Å². The normalized spacial score (nSPS) is 11.3. The highest BCUT2D eigenvalue weighted by molar-refractivity contribution is 7.89. The van der Waals surface area contributed by atoms with E-state index in [1.54, 1.807) is 37.3 Å². The predicted octanol–water partition coefficient (Wildman–Crippen LogP) is 3.09. The van der Waals surface area contributed by atoms with Crippen molar-refractivity contribution in [2.24, 2.45) is 0 Å². The third-order valence-corrected chi connectivity index (χ3v) is 5.00. The second-order valence-electron chi connectivity index (χ2n) is 5.07. The number of anilines is 1. The van der Waals surface area contributed by atoms with Crippen LogP contribution in [0.4, 0.5) is 5.69 Å². The topological polar surface area (TPSA) is 75.3 Å². The quantitative estimate of drug-likeness (QED) is 0.868. The first kappa shape index (κ1) is 17.5. The maximum Gasteiger partial charge on any atom is 0.240 e. The summed E-state index contributed by atoms with van der Waals surface area (Å²) in [6.07, 6.45) is 0. The van der Waals surface area contributed by atoms with Crippen LogP contribution in [-0.2, 0) is 21.4 Å². The molecule has 0 aliphatic heterocycles. The van der Waals surface area contributed by atoms with E-state index in [-0.39, 0.29) is 17.3 Å². The first-order valence-electron chi connectivity index (χ1n) is 6.91. The predicted molar refractivity (Wildman–Crippen MR) is 91.0 cm³/mol. The van der Waals surface area contributed by atoms with Crippen LogP contribution in [-0.4, -0.2) is 14.3 Å². The van der Waals surface area contributed by atoms with Gasteiger partial charge < -0.3 is 5.32 Å². The van der Waals surface area contributed by atoms with Gasteiger partial charge in [0.2, 0.25) is 15.9 Å². The van der Waals surface area contributed by atoms with Crippen LogP contribution in [0, 0.1) is 6.92 Å². The fourth-order valence-corrected chi connectivity index (χ4v) is 3.32. The Kier molecular flexibility index (Phi) is 5.41. The summed E-state index contributed by atoms with van der Waals surface area (Å²) in [5.74, 6) is -0.208. The van der Waals surface area contributed by atoms with Crippen LogP contribution in [0.2, 0.25) is 5.02 Å². The Bertz CT molecular complexity index is 835. The summed E-state index contributed by atoms with van der Waals surface area (Å²) in [6.45, 7) is 3.24. The van der Waals surface area contributed by atoms with Crippen LogP contribution in [0.25, 0.3) is 0 Å². The van der Waals surface area contributed by atoms with Gasteiger partial charge in [0.05, 0.1) is 4.90 Å². The molecule has 2 aromatic carbocycles. The Labute approximate surface area is 140 Å². The van der Waals surface area contributed by atoms with Gasteiger partial charge in [-0.2, -0.15) is 0 Å². The molecule has 0 aliphatic rings. The maximum absolute atomic E-state index is 12.4. The van der Waals surface area contributed by atoms with Crippen molar-refractivity contribution >= 4 is 33.2 Å². The molecule has 2 rings (SSSR count). The number of nitrogens with one attached hydrogen (secondary N) is 2. The fraction of sp³-hybridized carbons (Fsp3) is 0.188. The average Bonchev–Trinajstić information content (AvgIpc) is 2.48. The zero-order valence-corrected chi connectivity index (χ0v) is 14.3. The molecule has 0 aliphatic carbocycles. The number of rotatable bonds is 5. The minimum Gasteiger partial charge on any atom is -0.326 e. The molecule has 0 fully saturated rings. The van der Waals surface area contributed by atoms with E-state index < -0.39 is 10.0 Å². The van der Waals surface area contributed by atoms with E-state index in [0.717, 1.165) is 0 Å². The van der Waals surface area contributed by atoms with Gasteiger partial charge in [-0.05, 0) is 42.3 Å². The van der Waals surface area contributed by atoms with Crippen molar-refractivity contribution in [1.29, 1.82) is 0 Å². The third kappa shape index (κ3) is 4.54. The molecular weight excluding hydrogens is 336 g/mol. The van der Waals surface area contributed by atoms with Crippen molar-refractivity contribution in [2.75, 3.05) is 5.32 Å². The van der Waals surface area contributed by atoms with Gasteiger partial charge in [-0.25, -0.2) is 13.1 Å². The standard InChI is InChI=1S/C16H17ClN2O3S/c1-11-9-14(7-8-16(11)19-12(2)20)23(21,22)18-10-13-5-3-4-6-15(13)17/h3-9,18H,10H2,1-2H3,(H,19,20). The average molecular weight is 353 g/mol. The zero-order valence-electron chi connectivity index (χ0n) is 12.8. The lowest BCUT2D eigenvalue weighted by Gasteiger charge is -2.11. The number of carbonyl (C=O) groups is 1. The van der Waals surface area contributed by atoms with Crippen LogP contribution in [0.15, 0.2) is 47.4 Å². The van der Waals surface area contributed by atoms with E-state index in [1.165, 1.54) is 19.1 Å². The van der Waals surface area contributed by atoms with Gasteiger partial charge in [0.15, 0.2) is 0 Å². The van der Waals surface area contributed by atoms with Crippen molar-refractivity contribution in [3.63, 3.8) is 0 Å². The third-order valence-electron chi connectivity index (χ3n) is 3.23. The van der Waals surface area contributed by atoms with Crippen molar-refractivity contribution in [3.8, 4) is 0 Å². The van der Waals surface area contributed by atoms with Crippen molar-refractivity contribution in [2.45, 2.75) is 25.3 Å². The summed E-state index contributed by atoms with van der Waals surface area (Å²) in [7, 11) is -3.66. The molecule has 0 unspecified atom stereocenters. The minimum atomic E-state index is -3.66. The fourth-order valence-electron chi connectivity index (χ4n) is 2.03. The van der Waals surface area contributed by atoms with E-state index in [0.29, 0.717) is 21.8 Å². The van der Waals surface area contributed by atoms with Crippen LogP contribution in [0.5, 0.6) is 0 Å². The molecule has 23 heavy (non-hydrogen) atoms. The summed E-state index contributed by atoms with van der Waals surface area (Å²) in [6, 6.07) is 11.6. The molecule has 0 heterocycles. The molecule has 2 aromatic rings. The monoisotopic (exact) mass is 352 g/mol. The van der Waals surface area contributed by atoms with Gasteiger partial charge in [-0.1, -0.05) is 29.8 Å². The number of halogens is 1. The summed E-state index contributed by atoms with van der Waals surface area (Å²) in [5, 5.41) is 3.15. The summed E-state index contributed by atoms with van der Waals surface area (Å²) >= 11 is 6.02. The summed E-state index contributed by atoms with van der Waals surface area (Å²) in [4.78, 5) is 11.2. The number of sulfonamides is 1. The van der Waals surface area contributed by atoms with E-state index in [2.05, 4.69) is 10.0 Å². The van der Waals surface area contributed by atoms with Crippen molar-refractivity contribution in [3.05, 3.63) is 58.6 Å². The molecule has 7 heteroatoms. The molecule has 122 valence electrons. The molecule has 0 saturated carbocycles. The van der Waals surface area contributed by atoms with Crippen LogP contribution >= 0.6 is 11.6 Å². The number of benzene rings is 2. The van der Waals surface area contributed by atoms with Crippen molar-refractivity contribution < 1.29 is 13.2 Å². The molecule has 0 atom stereocenters. The Balaban J connectivity index is 2.18. The molecule has 5 nitrogen and oxygen atoms in total. The van der Waals surface area contributed by atoms with E-state index in [1.807, 2.05) is 0 Å². The second kappa shape index (κ2) is 7.12. The minimum absolute atomic E-state index is 0.106. The number of carbonyl (C=O) groups excluding carboxylic acids is 1. The number of hydrogen-bond donors (Lipinski definition) is 2. The molecular formula is C16H17ClN2O3S. The Morgan fingerprint density at radius 3 is 2.48 bits per heavy atom. The largest absolute Gasteiger partial charge is 0.326 e. The molecule has 0 aromatic heterocycles. The smallest absolute Gasteiger partial charge is 0.240 e. The highest BCUT2D eigenvalue weighted by atomic mass is 35.5. The van der Waals surface area contributed by atoms with Gasteiger partial charge in [0, 0.05) is 24.2 Å². The number of aryl methyl sites for hydroxylation is 1. The van der Waals surface area contributed by atoms with Gasteiger partial charge in [0.25, 0.3) is 0 Å². The van der Waals surface area contributed by atoms with Gasteiger partial charge in [0.1, 0.15) is 0 Å². The molecule has 1 amide bonds. The van der Waals surface area contributed by atoms with Gasteiger partial charge >= 0.3 is 0 Å². The Morgan fingerprint density at radius 1 is 1.17 bits per heavy atom. The molecule has 0 radical (unpaired) electrons. The summed E-state index contributed by atoms with van der Waals surface area (Å²) < 4.78 is 27.2. The maximum atomic E-state index is 12.4. The van der Waals surface area contributed by atoms with Crippen LogP contribution in [0.3, 0.4) is 0 Å². The lowest BCUT2D eigenvalue weighted by molar-refractivity contribution is -0.114. The lowest BCUT2D eigenvalue weighted by atomic mass is 10.2. The van der Waals surface area contributed by atoms with Gasteiger partial charge in [-0.15, -0.1) is 0 Å². The zero-order chi connectivity index (χ0) is 17.0. The van der Waals surface area contributed by atoms with Crippen molar-refractivity contribution in [1.82, 2.24) is 4.72 Å². The highest BCUT2D eigenvalue weighted by Crippen LogP contribution is 2.20. The van der Waals surface area contributed by atoms with Gasteiger partial charge in [-0.3, -0.25) is 4.79 Å². The molecule has 0 bridgehead atoms. The highest BCUT2D eigenvalue weighted by Gasteiger charge is 2.15. The second-order valence-corrected chi connectivity index (χ2v) is 7.25. The molecule has 0 spiro atoms. The molecule has 0 saturated heterocycles. The Morgan fingerprint density at radius 2 is 1.87 bits per heavy atom. The Hall–Kier alpha value is -1.89. The number of hydrogen-bond acceptors (Lipinski definition) is 3. The first-order chi connectivity index (χ1) is 10.8. The van der Waals surface area contributed by atoms with Crippen LogP contribution in [0.1, 0.15) is 18.1 Å². The number of amides is 1. The SMILES string of the molecule is CC(=O)Nc1ccc(S(=O)(=O)NCc2ccccc2Cl)cc1C.